The number of carbonyl (C=O) groups excluding carboxylic acids is 1. The van der Waals surface area contributed by atoms with E-state index < -0.39 is 6.10 Å². The number of ether oxygens (including phenoxy) is 1. The third-order valence-corrected chi connectivity index (χ3v) is 7.17. The summed E-state index contributed by atoms with van der Waals surface area (Å²) in [5.41, 5.74) is 3.03. The maximum absolute atomic E-state index is 12.5. The minimum Gasteiger partial charge on any atom is -0.481 e. The third-order valence-electron chi connectivity index (χ3n) is 4.86. The van der Waals surface area contributed by atoms with Crippen molar-refractivity contribution in [3.8, 4) is 17.0 Å². The van der Waals surface area contributed by atoms with E-state index in [1.807, 2.05) is 50.5 Å². The second-order valence-electron chi connectivity index (χ2n) is 7.48. The minimum absolute atomic E-state index is 0.170. The molecule has 0 fully saturated rings. The molecule has 2 aromatic heterocycles. The van der Waals surface area contributed by atoms with Crippen LogP contribution in [-0.4, -0.2) is 31.4 Å². The normalized spacial score (nSPS) is 11.9. The fraction of sp³-hybridized carbons (Fsp3) is 0.217. The first-order chi connectivity index (χ1) is 16.3. The number of aryl methyl sites for hydroxylation is 1. The van der Waals surface area contributed by atoms with Crippen LogP contribution in [0, 0.1) is 6.92 Å². The predicted octanol–water partition coefficient (Wildman–Crippen LogP) is 6.42. The molecule has 0 bridgehead atoms. The van der Waals surface area contributed by atoms with Crippen LogP contribution in [0.15, 0.2) is 53.0 Å². The molecule has 0 saturated heterocycles. The van der Waals surface area contributed by atoms with Crippen LogP contribution in [-0.2, 0) is 11.8 Å². The summed E-state index contributed by atoms with van der Waals surface area (Å²) < 4.78 is 7.72. The molecule has 4 aromatic rings. The van der Waals surface area contributed by atoms with Crippen LogP contribution in [0.1, 0.15) is 24.4 Å². The molecule has 0 radical (unpaired) electrons. The van der Waals surface area contributed by atoms with E-state index >= 15 is 0 Å². The molecule has 4 rings (SSSR count). The second-order valence-corrected chi connectivity index (χ2v) is 10.1. The fourth-order valence-electron chi connectivity index (χ4n) is 3.09. The minimum atomic E-state index is -0.408. The first-order valence-corrected chi connectivity index (χ1v) is 12.9. The van der Waals surface area contributed by atoms with E-state index in [0.29, 0.717) is 31.9 Å². The number of aromatic nitrogens is 4. The molecule has 11 heteroatoms. The highest BCUT2D eigenvalue weighted by atomic mass is 35.5. The van der Waals surface area contributed by atoms with Gasteiger partial charge in [-0.05, 0) is 32.0 Å². The summed E-state index contributed by atoms with van der Waals surface area (Å²) in [5.74, 6) is 1.11. The SMILES string of the molecule is Cc1ccc(-c2csc(NC(=O)CSc3nnc(C(C)Oc4ccc(Cl)cc4Cl)n3C)n2)cc1. The fourth-order valence-corrected chi connectivity index (χ4v) is 5.00. The smallest absolute Gasteiger partial charge is 0.236 e. The Morgan fingerprint density at radius 2 is 1.97 bits per heavy atom. The van der Waals surface area contributed by atoms with Gasteiger partial charge in [0.1, 0.15) is 5.75 Å². The van der Waals surface area contributed by atoms with Crippen LogP contribution in [0.4, 0.5) is 5.13 Å². The molecular formula is C23H21Cl2N5O2S2. The molecule has 34 heavy (non-hydrogen) atoms. The molecule has 0 aliphatic heterocycles. The van der Waals surface area contributed by atoms with Crippen LogP contribution in [0.25, 0.3) is 11.3 Å². The van der Waals surface area contributed by atoms with Crippen LogP contribution in [0.3, 0.4) is 0 Å². The predicted molar refractivity (Wildman–Crippen MR) is 138 cm³/mol. The van der Waals surface area contributed by atoms with Gasteiger partial charge in [0.15, 0.2) is 22.2 Å². The largest absolute Gasteiger partial charge is 0.481 e. The van der Waals surface area contributed by atoms with E-state index in [4.69, 9.17) is 27.9 Å². The van der Waals surface area contributed by atoms with Crippen molar-refractivity contribution in [3.63, 3.8) is 0 Å². The molecule has 0 aliphatic rings. The highest BCUT2D eigenvalue weighted by molar-refractivity contribution is 7.99. The lowest BCUT2D eigenvalue weighted by Gasteiger charge is -2.15. The summed E-state index contributed by atoms with van der Waals surface area (Å²) in [7, 11) is 1.83. The average molecular weight is 534 g/mol. The quantitative estimate of drug-likeness (QED) is 0.263. The van der Waals surface area contributed by atoms with Crippen molar-refractivity contribution >= 4 is 57.3 Å². The highest BCUT2D eigenvalue weighted by Gasteiger charge is 2.19. The number of thioether (sulfide) groups is 1. The summed E-state index contributed by atoms with van der Waals surface area (Å²) in [6.07, 6.45) is -0.408. The summed E-state index contributed by atoms with van der Waals surface area (Å²) in [6.45, 7) is 3.89. The third kappa shape index (κ3) is 5.90. The Hall–Kier alpha value is -2.59. The van der Waals surface area contributed by atoms with Crippen molar-refractivity contribution in [1.29, 1.82) is 0 Å². The lowest BCUT2D eigenvalue weighted by Crippen LogP contribution is -2.14. The van der Waals surface area contributed by atoms with Gasteiger partial charge in [0.2, 0.25) is 5.91 Å². The molecule has 2 aromatic carbocycles. The van der Waals surface area contributed by atoms with Gasteiger partial charge in [0.25, 0.3) is 0 Å². The first kappa shape index (κ1) is 24.5. The maximum atomic E-state index is 12.5. The van der Waals surface area contributed by atoms with Gasteiger partial charge < -0.3 is 14.6 Å². The number of hydrogen-bond acceptors (Lipinski definition) is 7. The van der Waals surface area contributed by atoms with Crippen molar-refractivity contribution in [2.45, 2.75) is 25.1 Å². The molecule has 1 unspecified atom stereocenters. The number of thiazole rings is 1. The second kappa shape index (κ2) is 10.8. The van der Waals surface area contributed by atoms with Crippen LogP contribution < -0.4 is 10.1 Å². The topological polar surface area (TPSA) is 81.9 Å². The number of benzene rings is 2. The molecule has 0 saturated carbocycles. The van der Waals surface area contributed by atoms with Crippen LogP contribution in [0.2, 0.25) is 10.0 Å². The molecule has 0 spiro atoms. The van der Waals surface area contributed by atoms with E-state index in [-0.39, 0.29) is 11.7 Å². The summed E-state index contributed by atoms with van der Waals surface area (Å²) >= 11 is 14.8. The van der Waals surface area contributed by atoms with Gasteiger partial charge in [-0.25, -0.2) is 4.98 Å². The van der Waals surface area contributed by atoms with Gasteiger partial charge in [-0.1, -0.05) is 64.8 Å². The van der Waals surface area contributed by atoms with Gasteiger partial charge >= 0.3 is 0 Å². The van der Waals surface area contributed by atoms with E-state index in [1.165, 1.54) is 28.7 Å². The van der Waals surface area contributed by atoms with Crippen molar-refractivity contribution in [1.82, 2.24) is 19.7 Å². The number of halogens is 2. The highest BCUT2D eigenvalue weighted by Crippen LogP contribution is 2.31. The van der Waals surface area contributed by atoms with Crippen LogP contribution >= 0.6 is 46.3 Å². The number of nitrogens with zero attached hydrogens (tertiary/aromatic N) is 4. The van der Waals surface area contributed by atoms with Crippen molar-refractivity contribution < 1.29 is 9.53 Å². The summed E-state index contributed by atoms with van der Waals surface area (Å²) in [4.78, 5) is 17.0. The Bertz CT molecular complexity index is 1310. The average Bonchev–Trinajstić information content (AvgIpc) is 3.41. The molecule has 1 atom stereocenters. The lowest BCUT2D eigenvalue weighted by atomic mass is 10.1. The Labute approximate surface area is 215 Å². The standard InChI is InChI=1S/C23H21Cl2N5O2S2/c1-13-4-6-15(7-5-13)18-11-33-22(26-18)27-20(31)12-34-23-29-28-21(30(23)3)14(2)32-19-9-8-16(24)10-17(19)25/h4-11,14H,12H2,1-3H3,(H,26,27,31). The van der Waals surface area contributed by atoms with Crippen molar-refractivity contribution in [3.05, 3.63) is 69.3 Å². The monoisotopic (exact) mass is 533 g/mol. The Kier molecular flexibility index (Phi) is 7.77. The Morgan fingerprint density at radius 1 is 1.21 bits per heavy atom. The van der Waals surface area contributed by atoms with E-state index in [2.05, 4.69) is 20.5 Å². The number of rotatable bonds is 8. The number of amides is 1. The van der Waals surface area contributed by atoms with E-state index in [9.17, 15) is 4.79 Å². The molecule has 2 heterocycles. The van der Waals surface area contributed by atoms with Crippen LogP contribution in [0.5, 0.6) is 5.75 Å². The first-order valence-electron chi connectivity index (χ1n) is 10.3. The van der Waals surface area contributed by atoms with Gasteiger partial charge in [-0.2, -0.15) is 0 Å². The maximum Gasteiger partial charge on any atom is 0.236 e. The zero-order valence-corrected chi connectivity index (χ0v) is 21.7. The van der Waals surface area contributed by atoms with Gasteiger partial charge in [0, 0.05) is 23.0 Å². The lowest BCUT2D eigenvalue weighted by molar-refractivity contribution is -0.113. The molecule has 7 nitrogen and oxygen atoms in total. The summed E-state index contributed by atoms with van der Waals surface area (Å²) in [5, 5.41) is 15.3. The van der Waals surface area contributed by atoms with Gasteiger partial charge in [0.05, 0.1) is 16.5 Å². The van der Waals surface area contributed by atoms with E-state index in [0.717, 1.165) is 11.3 Å². The van der Waals surface area contributed by atoms with Crippen molar-refractivity contribution in [2.75, 3.05) is 11.1 Å². The zero-order chi connectivity index (χ0) is 24.2. The van der Waals surface area contributed by atoms with Crippen molar-refractivity contribution in [2.24, 2.45) is 7.05 Å². The molecular weight excluding hydrogens is 513 g/mol. The number of hydrogen-bond donors (Lipinski definition) is 1. The summed E-state index contributed by atoms with van der Waals surface area (Å²) in [6, 6.07) is 13.1. The number of anilines is 1. The van der Waals surface area contributed by atoms with Gasteiger partial charge in [-0.15, -0.1) is 21.5 Å². The number of carbonyl (C=O) groups is 1. The van der Waals surface area contributed by atoms with Gasteiger partial charge in [-0.3, -0.25) is 4.79 Å². The molecule has 176 valence electrons. The van der Waals surface area contributed by atoms with E-state index in [1.54, 1.807) is 22.8 Å². The Morgan fingerprint density at radius 3 is 2.71 bits per heavy atom. The molecule has 1 amide bonds. The zero-order valence-electron chi connectivity index (χ0n) is 18.6. The number of nitrogens with one attached hydrogen (secondary N) is 1. The molecule has 0 aliphatic carbocycles. The molecule has 1 N–H and O–H groups in total. The Balaban J connectivity index is 1.33.